The van der Waals surface area contributed by atoms with Crippen LogP contribution < -0.4 is 10.6 Å². The lowest BCUT2D eigenvalue weighted by Gasteiger charge is -2.42. The minimum atomic E-state index is -3.78. The van der Waals surface area contributed by atoms with E-state index in [2.05, 4.69) is 38.3 Å². The molecule has 0 unspecified atom stereocenters. The van der Waals surface area contributed by atoms with Crippen LogP contribution in [0.25, 0.3) is 0 Å². The van der Waals surface area contributed by atoms with Crippen LogP contribution in [0.1, 0.15) is 85.5 Å². The average molecular weight is 619 g/mol. The van der Waals surface area contributed by atoms with Gasteiger partial charge < -0.3 is 20.3 Å². The number of amides is 2. The summed E-state index contributed by atoms with van der Waals surface area (Å²) < 4.78 is 32.6. The second-order valence-electron chi connectivity index (χ2n) is 12.1. The molecular weight excluding hydrogens is 576 g/mol. The normalized spacial score (nSPS) is 18.6. The number of benzene rings is 1. The van der Waals surface area contributed by atoms with Gasteiger partial charge in [-0.05, 0) is 90.6 Å². The van der Waals surface area contributed by atoms with Crippen LogP contribution in [-0.2, 0) is 31.5 Å². The van der Waals surface area contributed by atoms with Gasteiger partial charge in [0.2, 0.25) is 10.0 Å². The van der Waals surface area contributed by atoms with Gasteiger partial charge in [-0.3, -0.25) is 14.4 Å². The van der Waals surface area contributed by atoms with Gasteiger partial charge in [0.25, 0.3) is 11.8 Å². The molecule has 12 heteroatoms. The Morgan fingerprint density at radius 3 is 2.21 bits per heavy atom. The first-order valence-corrected chi connectivity index (χ1v) is 16.6. The number of sulfonamides is 1. The molecular formula is C30H42N4O6S2. The number of carbonyl (C=O) groups excluding carboxylic acids is 3. The average Bonchev–Trinajstić information content (AvgIpc) is 3.30. The number of nitrogens with zero attached hydrogens (tertiary/aromatic N) is 2. The van der Waals surface area contributed by atoms with Crippen LogP contribution >= 0.6 is 11.3 Å². The van der Waals surface area contributed by atoms with E-state index in [1.165, 1.54) is 47.0 Å². The van der Waals surface area contributed by atoms with Crippen molar-refractivity contribution in [3.05, 3.63) is 45.8 Å². The molecule has 3 heterocycles. The molecule has 0 bridgehead atoms. The van der Waals surface area contributed by atoms with Crippen molar-refractivity contribution >= 4 is 44.1 Å². The molecule has 10 nitrogen and oxygen atoms in total. The zero-order chi connectivity index (χ0) is 31.0. The fourth-order valence-corrected chi connectivity index (χ4v) is 8.85. The van der Waals surface area contributed by atoms with E-state index in [4.69, 9.17) is 4.74 Å². The van der Waals surface area contributed by atoms with E-state index < -0.39 is 21.5 Å². The van der Waals surface area contributed by atoms with Crippen molar-refractivity contribution in [3.8, 4) is 0 Å². The Bertz CT molecular complexity index is 1450. The molecule has 0 saturated carbocycles. The summed E-state index contributed by atoms with van der Waals surface area (Å²) in [6, 6.07) is 5.82. The highest BCUT2D eigenvalue weighted by atomic mass is 32.2. The van der Waals surface area contributed by atoms with Crippen LogP contribution in [0.3, 0.4) is 0 Å². The Morgan fingerprint density at radius 1 is 1.07 bits per heavy atom. The van der Waals surface area contributed by atoms with Crippen LogP contribution in [0.5, 0.6) is 0 Å². The lowest BCUT2D eigenvalue weighted by atomic mass is 9.81. The number of esters is 1. The largest absolute Gasteiger partial charge is 0.469 e. The fourth-order valence-electron chi connectivity index (χ4n) is 6.11. The number of methoxy groups -OCH3 is 1. The van der Waals surface area contributed by atoms with Crippen molar-refractivity contribution in [3.63, 3.8) is 0 Å². The molecule has 0 radical (unpaired) electrons. The summed E-state index contributed by atoms with van der Waals surface area (Å²) in [4.78, 5) is 41.9. The Kier molecular flexibility index (Phi) is 9.23. The summed E-state index contributed by atoms with van der Waals surface area (Å²) in [5, 5.41) is 7.13. The molecule has 0 atom stereocenters. The maximum atomic E-state index is 13.7. The number of hydrogen-bond acceptors (Lipinski definition) is 8. The first kappa shape index (κ1) is 32.1. The molecule has 1 aromatic carbocycles. The standard InChI is InChI=1S/C30H42N4O6S2/c1-8-33(9-2)27(36)23-22-18-29(3,4)32-30(5,6)24(22)41-26(23)31-25(35)19-10-12-21(13-11-19)42(38,39)34-16-14-20(15-17-34)28(37)40-7/h10-13,20,32H,8-9,14-18H2,1-7H3,(H,31,35). The monoisotopic (exact) mass is 618 g/mol. The summed E-state index contributed by atoms with van der Waals surface area (Å²) in [5.41, 5.74) is 1.13. The molecule has 0 aliphatic carbocycles. The smallest absolute Gasteiger partial charge is 0.308 e. The number of carbonyl (C=O) groups is 3. The molecule has 230 valence electrons. The Labute approximate surface area is 252 Å². The molecule has 1 aromatic heterocycles. The molecule has 4 rings (SSSR count). The fraction of sp³-hybridized carbons (Fsp3) is 0.567. The van der Waals surface area contributed by atoms with Gasteiger partial charge in [-0.15, -0.1) is 11.3 Å². The zero-order valence-corrected chi connectivity index (χ0v) is 27.1. The summed E-state index contributed by atoms with van der Waals surface area (Å²) in [5.74, 6) is -1.16. The zero-order valence-electron chi connectivity index (χ0n) is 25.5. The third kappa shape index (κ3) is 6.27. The number of piperidine rings is 1. The lowest BCUT2D eigenvalue weighted by molar-refractivity contribution is -0.146. The quantitative estimate of drug-likeness (QED) is 0.425. The number of thiophene rings is 1. The van der Waals surface area contributed by atoms with Gasteiger partial charge in [-0.2, -0.15) is 4.31 Å². The van der Waals surface area contributed by atoms with E-state index in [9.17, 15) is 22.8 Å². The first-order valence-electron chi connectivity index (χ1n) is 14.4. The van der Waals surface area contributed by atoms with Crippen LogP contribution in [0.15, 0.2) is 29.2 Å². The number of nitrogens with one attached hydrogen (secondary N) is 2. The summed E-state index contributed by atoms with van der Waals surface area (Å²) in [6.45, 7) is 13.8. The van der Waals surface area contributed by atoms with Gasteiger partial charge in [-0.25, -0.2) is 8.42 Å². The third-order valence-electron chi connectivity index (χ3n) is 8.08. The second-order valence-corrected chi connectivity index (χ2v) is 15.0. The van der Waals surface area contributed by atoms with E-state index >= 15 is 0 Å². The second kappa shape index (κ2) is 12.1. The predicted octanol–water partition coefficient (Wildman–Crippen LogP) is 4.22. The van der Waals surface area contributed by atoms with Crippen molar-refractivity contribution in [1.82, 2.24) is 14.5 Å². The van der Waals surface area contributed by atoms with Gasteiger partial charge in [0, 0.05) is 47.7 Å². The minimum Gasteiger partial charge on any atom is -0.469 e. The van der Waals surface area contributed by atoms with E-state index in [-0.39, 0.29) is 46.9 Å². The maximum Gasteiger partial charge on any atom is 0.308 e. The van der Waals surface area contributed by atoms with Crippen LogP contribution in [0.4, 0.5) is 5.00 Å². The van der Waals surface area contributed by atoms with E-state index in [0.29, 0.717) is 42.9 Å². The summed E-state index contributed by atoms with van der Waals surface area (Å²) >= 11 is 1.41. The number of hydrogen-bond donors (Lipinski definition) is 2. The highest BCUT2D eigenvalue weighted by Crippen LogP contribution is 2.45. The molecule has 2 aromatic rings. The van der Waals surface area contributed by atoms with E-state index in [1.54, 1.807) is 4.90 Å². The highest BCUT2D eigenvalue weighted by molar-refractivity contribution is 7.89. The summed E-state index contributed by atoms with van der Waals surface area (Å²) in [6.07, 6.45) is 1.44. The number of fused-ring (bicyclic) bond motifs is 1. The van der Waals surface area contributed by atoms with Gasteiger partial charge in [-0.1, -0.05) is 0 Å². The molecule has 2 aliphatic rings. The number of anilines is 1. The topological polar surface area (TPSA) is 125 Å². The van der Waals surface area contributed by atoms with Crippen molar-refractivity contribution in [2.75, 3.05) is 38.6 Å². The molecule has 1 fully saturated rings. The van der Waals surface area contributed by atoms with Gasteiger partial charge in [0.15, 0.2) is 0 Å². The van der Waals surface area contributed by atoms with Crippen molar-refractivity contribution in [2.24, 2.45) is 5.92 Å². The van der Waals surface area contributed by atoms with Gasteiger partial charge in [0.1, 0.15) is 5.00 Å². The SMILES string of the molecule is CCN(CC)C(=O)c1c(NC(=O)c2ccc(S(=O)(=O)N3CCC(C(=O)OC)CC3)cc2)sc2c1CC(C)(C)NC2(C)C. The van der Waals surface area contributed by atoms with Crippen molar-refractivity contribution in [2.45, 2.75) is 76.8 Å². The van der Waals surface area contributed by atoms with Gasteiger partial charge in [0.05, 0.1) is 23.5 Å². The summed E-state index contributed by atoms with van der Waals surface area (Å²) in [7, 11) is -2.45. The molecule has 0 spiro atoms. The van der Waals surface area contributed by atoms with Crippen LogP contribution in [0.2, 0.25) is 0 Å². The molecule has 2 aliphatic heterocycles. The third-order valence-corrected chi connectivity index (χ3v) is 11.5. The molecule has 1 saturated heterocycles. The maximum absolute atomic E-state index is 13.7. The molecule has 2 amide bonds. The highest BCUT2D eigenvalue weighted by Gasteiger charge is 2.42. The lowest BCUT2D eigenvalue weighted by Crippen LogP contribution is -2.55. The number of rotatable bonds is 8. The Morgan fingerprint density at radius 2 is 1.67 bits per heavy atom. The number of ether oxygens (including phenoxy) is 1. The first-order chi connectivity index (χ1) is 19.6. The Balaban J connectivity index is 1.59. The molecule has 2 N–H and O–H groups in total. The van der Waals surface area contributed by atoms with E-state index in [0.717, 1.165) is 10.4 Å². The predicted molar refractivity (Wildman–Crippen MR) is 163 cm³/mol. The van der Waals surface area contributed by atoms with Crippen LogP contribution in [0, 0.1) is 5.92 Å². The van der Waals surface area contributed by atoms with E-state index in [1.807, 2.05) is 13.8 Å². The van der Waals surface area contributed by atoms with Crippen molar-refractivity contribution < 1.29 is 27.5 Å². The van der Waals surface area contributed by atoms with Crippen molar-refractivity contribution in [1.29, 1.82) is 0 Å². The molecule has 42 heavy (non-hydrogen) atoms. The Hall–Kier alpha value is -2.80. The minimum absolute atomic E-state index is 0.0783. The van der Waals surface area contributed by atoms with Gasteiger partial charge >= 0.3 is 5.97 Å². The van der Waals surface area contributed by atoms with Crippen LogP contribution in [-0.4, -0.2) is 74.2 Å².